The summed E-state index contributed by atoms with van der Waals surface area (Å²) >= 11 is 1.08. The first kappa shape index (κ1) is 20.9. The monoisotopic (exact) mass is 428 g/mol. The first-order valence-corrected chi connectivity index (χ1v) is 9.70. The van der Waals surface area contributed by atoms with E-state index in [1.807, 2.05) is 0 Å². The summed E-state index contributed by atoms with van der Waals surface area (Å²) in [6.45, 7) is 2.00. The second kappa shape index (κ2) is 9.61. The van der Waals surface area contributed by atoms with Crippen molar-refractivity contribution < 1.29 is 23.5 Å². The van der Waals surface area contributed by atoms with E-state index in [9.17, 15) is 18.8 Å². The Morgan fingerprint density at radius 1 is 0.967 bits per heavy atom. The molecule has 0 atom stereocenters. The van der Waals surface area contributed by atoms with Crippen molar-refractivity contribution in [2.75, 3.05) is 22.6 Å². The van der Waals surface area contributed by atoms with E-state index in [-0.39, 0.29) is 17.4 Å². The van der Waals surface area contributed by atoms with Crippen LogP contribution >= 0.6 is 11.3 Å². The van der Waals surface area contributed by atoms with Crippen molar-refractivity contribution >= 4 is 45.8 Å². The molecule has 10 heteroatoms. The van der Waals surface area contributed by atoms with Crippen molar-refractivity contribution in [3.63, 3.8) is 0 Å². The molecule has 1 aromatic heterocycles. The number of carbonyl (C=O) groups excluding carboxylic acids is 3. The van der Waals surface area contributed by atoms with E-state index in [1.54, 1.807) is 31.2 Å². The average molecular weight is 428 g/mol. The number of halogens is 1. The molecule has 0 fully saturated rings. The molecule has 0 saturated heterocycles. The number of ether oxygens (including phenoxy) is 1. The molecule has 3 aromatic rings. The van der Waals surface area contributed by atoms with Gasteiger partial charge < -0.3 is 15.4 Å². The zero-order valence-corrected chi connectivity index (χ0v) is 16.6. The zero-order valence-electron chi connectivity index (χ0n) is 15.8. The maximum Gasteiger partial charge on any atom is 0.338 e. The molecule has 0 saturated carbocycles. The van der Waals surface area contributed by atoms with Crippen LogP contribution in [0.1, 0.15) is 27.8 Å². The molecule has 30 heavy (non-hydrogen) atoms. The van der Waals surface area contributed by atoms with E-state index in [0.717, 1.165) is 11.3 Å². The number of anilines is 3. The molecule has 3 N–H and O–H groups in total. The van der Waals surface area contributed by atoms with Gasteiger partial charge in [-0.15, -0.1) is 11.3 Å². The number of esters is 1. The number of hydrogen-bond acceptors (Lipinski definition) is 6. The highest BCUT2D eigenvalue weighted by Gasteiger charge is 2.13. The van der Waals surface area contributed by atoms with Crippen molar-refractivity contribution in [2.24, 2.45) is 0 Å². The van der Waals surface area contributed by atoms with Crippen molar-refractivity contribution in [2.45, 2.75) is 6.92 Å². The third-order valence-corrected chi connectivity index (χ3v) is 4.47. The highest BCUT2D eigenvalue weighted by Crippen LogP contribution is 2.18. The van der Waals surface area contributed by atoms with Gasteiger partial charge in [-0.25, -0.2) is 19.0 Å². The van der Waals surface area contributed by atoms with Crippen LogP contribution < -0.4 is 16.0 Å². The fourth-order valence-electron chi connectivity index (χ4n) is 2.33. The SMILES string of the molecule is CCOC(=O)c1ccc(NC(=O)c2csc(NC(=O)Nc3ccc(F)cc3)n2)cc1. The van der Waals surface area contributed by atoms with Crippen molar-refractivity contribution in [3.05, 3.63) is 71.0 Å². The Kier molecular flexibility index (Phi) is 6.71. The van der Waals surface area contributed by atoms with Gasteiger partial charge in [0.15, 0.2) is 5.13 Å². The number of amides is 3. The molecule has 8 nitrogen and oxygen atoms in total. The molecular weight excluding hydrogens is 411 g/mol. The van der Waals surface area contributed by atoms with Crippen LogP contribution in [0.25, 0.3) is 0 Å². The summed E-state index contributed by atoms with van der Waals surface area (Å²) in [7, 11) is 0. The molecule has 0 spiro atoms. The lowest BCUT2D eigenvalue weighted by molar-refractivity contribution is 0.0526. The van der Waals surface area contributed by atoms with E-state index in [0.29, 0.717) is 16.9 Å². The topological polar surface area (TPSA) is 109 Å². The van der Waals surface area contributed by atoms with Gasteiger partial charge in [-0.05, 0) is 55.5 Å². The number of rotatable bonds is 6. The van der Waals surface area contributed by atoms with Gasteiger partial charge >= 0.3 is 12.0 Å². The number of benzene rings is 2. The molecule has 3 rings (SSSR count). The molecule has 2 aromatic carbocycles. The Morgan fingerprint density at radius 3 is 2.27 bits per heavy atom. The number of nitrogens with zero attached hydrogens (tertiary/aromatic N) is 1. The van der Waals surface area contributed by atoms with Crippen molar-refractivity contribution in [3.8, 4) is 0 Å². The van der Waals surface area contributed by atoms with Crippen LogP contribution in [-0.2, 0) is 4.74 Å². The predicted octanol–water partition coefficient (Wildman–Crippen LogP) is 4.36. The summed E-state index contributed by atoms with van der Waals surface area (Å²) < 4.78 is 17.8. The van der Waals surface area contributed by atoms with Gasteiger partial charge in [-0.1, -0.05) is 0 Å². The van der Waals surface area contributed by atoms with Crippen LogP contribution in [0.2, 0.25) is 0 Å². The van der Waals surface area contributed by atoms with E-state index in [4.69, 9.17) is 4.74 Å². The summed E-state index contributed by atoms with van der Waals surface area (Å²) in [6.07, 6.45) is 0. The van der Waals surface area contributed by atoms with Gasteiger partial charge in [0.1, 0.15) is 11.5 Å². The second-order valence-corrected chi connectivity index (χ2v) is 6.73. The molecule has 1 heterocycles. The summed E-state index contributed by atoms with van der Waals surface area (Å²) in [5.74, 6) is -1.32. The lowest BCUT2D eigenvalue weighted by Crippen LogP contribution is -2.19. The van der Waals surface area contributed by atoms with Crippen LogP contribution in [0.4, 0.5) is 25.7 Å². The van der Waals surface area contributed by atoms with E-state index < -0.39 is 23.7 Å². The van der Waals surface area contributed by atoms with Gasteiger partial charge in [0, 0.05) is 16.8 Å². The van der Waals surface area contributed by atoms with Crippen LogP contribution in [0.15, 0.2) is 53.9 Å². The lowest BCUT2D eigenvalue weighted by Gasteiger charge is -2.06. The predicted molar refractivity (Wildman–Crippen MR) is 112 cm³/mol. The first-order valence-electron chi connectivity index (χ1n) is 8.82. The maximum atomic E-state index is 12.9. The number of hydrogen-bond donors (Lipinski definition) is 3. The molecule has 0 aliphatic rings. The standard InChI is InChI=1S/C20H17FN4O4S/c1-2-29-18(27)12-3-7-14(8-4-12)22-17(26)16-11-30-20(24-16)25-19(28)23-15-9-5-13(21)6-10-15/h3-11H,2H2,1H3,(H,22,26)(H2,23,24,25,28). The van der Waals surface area contributed by atoms with E-state index >= 15 is 0 Å². The quantitative estimate of drug-likeness (QED) is 0.506. The molecule has 154 valence electrons. The Morgan fingerprint density at radius 2 is 1.60 bits per heavy atom. The molecule has 0 aliphatic carbocycles. The Bertz CT molecular complexity index is 1050. The highest BCUT2D eigenvalue weighted by molar-refractivity contribution is 7.14. The van der Waals surface area contributed by atoms with Gasteiger partial charge in [0.05, 0.1) is 12.2 Å². The fraction of sp³-hybridized carbons (Fsp3) is 0.100. The second-order valence-electron chi connectivity index (χ2n) is 5.88. The molecule has 3 amide bonds. The van der Waals surface area contributed by atoms with Gasteiger partial charge in [-0.3, -0.25) is 10.1 Å². The minimum absolute atomic E-state index is 0.117. The van der Waals surface area contributed by atoms with Gasteiger partial charge in [0.25, 0.3) is 5.91 Å². The van der Waals surface area contributed by atoms with Gasteiger partial charge in [-0.2, -0.15) is 0 Å². The normalized spacial score (nSPS) is 10.2. The van der Waals surface area contributed by atoms with Crippen molar-refractivity contribution in [1.29, 1.82) is 0 Å². The Balaban J connectivity index is 1.56. The number of urea groups is 1. The molecular formula is C20H17FN4O4S. The maximum absolute atomic E-state index is 12.9. The minimum atomic E-state index is -0.572. The van der Waals surface area contributed by atoms with Crippen LogP contribution in [-0.4, -0.2) is 29.5 Å². The largest absolute Gasteiger partial charge is 0.462 e. The van der Waals surface area contributed by atoms with Crippen LogP contribution in [0.5, 0.6) is 0 Å². The number of nitrogens with one attached hydrogen (secondary N) is 3. The van der Waals surface area contributed by atoms with E-state index in [2.05, 4.69) is 20.9 Å². The number of thiazole rings is 1. The fourth-order valence-corrected chi connectivity index (χ4v) is 3.01. The molecule has 0 unspecified atom stereocenters. The molecule has 0 aliphatic heterocycles. The van der Waals surface area contributed by atoms with Gasteiger partial charge in [0.2, 0.25) is 0 Å². The summed E-state index contributed by atoms with van der Waals surface area (Å²) in [5.41, 5.74) is 1.38. The smallest absolute Gasteiger partial charge is 0.338 e. The molecule has 0 radical (unpaired) electrons. The summed E-state index contributed by atoms with van der Waals surface area (Å²) in [5, 5.41) is 9.41. The number of carbonyl (C=O) groups is 3. The minimum Gasteiger partial charge on any atom is -0.462 e. The summed E-state index contributed by atoms with van der Waals surface area (Å²) in [4.78, 5) is 40.0. The highest BCUT2D eigenvalue weighted by atomic mass is 32.1. The Hall–Kier alpha value is -3.79. The third-order valence-electron chi connectivity index (χ3n) is 3.71. The lowest BCUT2D eigenvalue weighted by atomic mass is 10.2. The van der Waals surface area contributed by atoms with Crippen LogP contribution in [0.3, 0.4) is 0 Å². The first-order chi connectivity index (χ1) is 14.4. The van der Waals surface area contributed by atoms with Crippen molar-refractivity contribution in [1.82, 2.24) is 4.98 Å². The average Bonchev–Trinajstić information content (AvgIpc) is 3.19. The number of aromatic nitrogens is 1. The van der Waals surface area contributed by atoms with Crippen LogP contribution in [0, 0.1) is 5.82 Å². The summed E-state index contributed by atoms with van der Waals surface area (Å²) in [6, 6.07) is 10.9. The zero-order chi connectivity index (χ0) is 21.5. The Labute approximate surface area is 175 Å². The van der Waals surface area contributed by atoms with E-state index in [1.165, 1.54) is 29.6 Å². The third kappa shape index (κ3) is 5.61. The molecule has 0 bridgehead atoms.